The largest absolute Gasteiger partial charge is 0.354 e. The van der Waals surface area contributed by atoms with Gasteiger partial charge >= 0.3 is 6.03 Å². The van der Waals surface area contributed by atoms with E-state index in [0.29, 0.717) is 19.5 Å². The molecule has 0 spiro atoms. The van der Waals surface area contributed by atoms with Crippen molar-refractivity contribution in [2.75, 3.05) is 19.6 Å². The van der Waals surface area contributed by atoms with Crippen LogP contribution in [0.4, 0.5) is 4.79 Å². The summed E-state index contributed by atoms with van der Waals surface area (Å²) >= 11 is 0. The highest BCUT2D eigenvalue weighted by molar-refractivity contribution is 5.90. The van der Waals surface area contributed by atoms with E-state index < -0.39 is 12.1 Å². The summed E-state index contributed by atoms with van der Waals surface area (Å²) in [5, 5.41) is 5.12. The fraction of sp³-hybridized carbons (Fsp3) is 0.727. The molecule has 102 valence electrons. The molecular weight excluding hydrogens is 236 g/mol. The third-order valence-corrected chi connectivity index (χ3v) is 2.80. The van der Waals surface area contributed by atoms with E-state index >= 15 is 0 Å². The van der Waals surface area contributed by atoms with Crippen molar-refractivity contribution in [3.05, 3.63) is 0 Å². The van der Waals surface area contributed by atoms with Crippen LogP contribution in [0, 0.1) is 5.92 Å². The number of nitrogens with one attached hydrogen (secondary N) is 2. The van der Waals surface area contributed by atoms with E-state index in [-0.39, 0.29) is 24.3 Å². The second-order valence-corrected chi connectivity index (χ2v) is 4.69. The highest BCUT2D eigenvalue weighted by Crippen LogP contribution is 2.08. The number of carbonyl (C=O) groups excluding carboxylic acids is 3. The van der Waals surface area contributed by atoms with Crippen molar-refractivity contribution in [1.82, 2.24) is 15.5 Å². The smallest absolute Gasteiger partial charge is 0.312 e. The number of primary amides is 1. The van der Waals surface area contributed by atoms with E-state index in [1.807, 2.05) is 13.8 Å². The van der Waals surface area contributed by atoms with Crippen molar-refractivity contribution in [3.8, 4) is 0 Å². The minimum atomic E-state index is -0.735. The van der Waals surface area contributed by atoms with Crippen molar-refractivity contribution in [2.24, 2.45) is 11.7 Å². The second-order valence-electron chi connectivity index (χ2n) is 4.69. The quantitative estimate of drug-likeness (QED) is 0.605. The van der Waals surface area contributed by atoms with Crippen LogP contribution in [-0.2, 0) is 9.59 Å². The Morgan fingerprint density at radius 2 is 2.11 bits per heavy atom. The molecule has 1 fully saturated rings. The summed E-state index contributed by atoms with van der Waals surface area (Å²) in [4.78, 5) is 36.0. The molecular formula is C11H20N4O3. The number of carbonyl (C=O) groups is 3. The Labute approximate surface area is 106 Å². The van der Waals surface area contributed by atoms with Gasteiger partial charge in [-0.25, -0.2) is 4.79 Å². The first kappa shape index (κ1) is 14.3. The predicted octanol–water partition coefficient (Wildman–Crippen LogP) is -0.972. The maximum absolute atomic E-state index is 12.2. The molecule has 0 saturated carbocycles. The Kier molecular flexibility index (Phi) is 4.94. The van der Waals surface area contributed by atoms with E-state index in [0.717, 1.165) is 0 Å². The van der Waals surface area contributed by atoms with Gasteiger partial charge < -0.3 is 21.3 Å². The van der Waals surface area contributed by atoms with Crippen LogP contribution >= 0.6 is 0 Å². The molecule has 0 radical (unpaired) electrons. The van der Waals surface area contributed by atoms with Gasteiger partial charge in [-0.2, -0.15) is 0 Å². The number of hydrogen-bond acceptors (Lipinski definition) is 3. The number of nitrogens with zero attached hydrogens (tertiary/aromatic N) is 1. The third-order valence-electron chi connectivity index (χ3n) is 2.80. The van der Waals surface area contributed by atoms with Crippen molar-refractivity contribution in [1.29, 1.82) is 0 Å². The Bertz CT molecular complexity index is 343. The molecule has 1 atom stereocenters. The zero-order valence-corrected chi connectivity index (χ0v) is 10.7. The molecule has 1 unspecified atom stereocenters. The number of rotatable bonds is 3. The molecule has 1 rings (SSSR count). The van der Waals surface area contributed by atoms with E-state index in [1.54, 1.807) is 0 Å². The lowest BCUT2D eigenvalue weighted by atomic mass is 10.0. The number of amides is 4. The summed E-state index contributed by atoms with van der Waals surface area (Å²) in [5.41, 5.74) is 5.06. The van der Waals surface area contributed by atoms with Gasteiger partial charge in [0.05, 0.1) is 6.54 Å². The van der Waals surface area contributed by atoms with Gasteiger partial charge in [0.25, 0.3) is 0 Å². The molecule has 0 aromatic rings. The molecule has 4 amide bonds. The molecule has 1 saturated heterocycles. The zero-order chi connectivity index (χ0) is 13.7. The Morgan fingerprint density at radius 1 is 1.44 bits per heavy atom. The van der Waals surface area contributed by atoms with Crippen LogP contribution in [0.5, 0.6) is 0 Å². The van der Waals surface area contributed by atoms with Gasteiger partial charge in [0, 0.05) is 13.1 Å². The highest BCUT2D eigenvalue weighted by Gasteiger charge is 2.29. The highest BCUT2D eigenvalue weighted by atomic mass is 16.2. The van der Waals surface area contributed by atoms with Crippen LogP contribution in [0.15, 0.2) is 0 Å². The summed E-state index contributed by atoms with van der Waals surface area (Å²) in [6.45, 7) is 4.73. The number of nitrogens with two attached hydrogens (primary N) is 1. The Morgan fingerprint density at radius 3 is 2.67 bits per heavy atom. The molecule has 7 nitrogen and oxygen atoms in total. The topological polar surface area (TPSA) is 105 Å². The first-order chi connectivity index (χ1) is 8.41. The molecule has 1 aliphatic rings. The summed E-state index contributed by atoms with van der Waals surface area (Å²) in [5.74, 6) is -0.528. The van der Waals surface area contributed by atoms with Crippen molar-refractivity contribution in [2.45, 2.75) is 26.3 Å². The van der Waals surface area contributed by atoms with Crippen LogP contribution in [0.25, 0.3) is 0 Å². The summed E-state index contributed by atoms with van der Waals surface area (Å²) in [6, 6.07) is -1.42. The predicted molar refractivity (Wildman–Crippen MR) is 65.6 cm³/mol. The monoisotopic (exact) mass is 256 g/mol. The minimum absolute atomic E-state index is 0.0303. The average molecular weight is 256 g/mol. The van der Waals surface area contributed by atoms with Gasteiger partial charge in [-0.1, -0.05) is 13.8 Å². The Hall–Kier alpha value is -1.79. The summed E-state index contributed by atoms with van der Waals surface area (Å²) < 4.78 is 0. The van der Waals surface area contributed by atoms with Gasteiger partial charge in [0.2, 0.25) is 11.8 Å². The van der Waals surface area contributed by atoms with Crippen LogP contribution < -0.4 is 16.4 Å². The molecule has 1 heterocycles. The van der Waals surface area contributed by atoms with Crippen LogP contribution in [0.2, 0.25) is 0 Å². The normalized spacial score (nSPS) is 17.9. The van der Waals surface area contributed by atoms with Crippen LogP contribution in [0.3, 0.4) is 0 Å². The van der Waals surface area contributed by atoms with E-state index in [9.17, 15) is 14.4 Å². The lowest BCUT2D eigenvalue weighted by Crippen LogP contribution is -2.53. The van der Waals surface area contributed by atoms with Crippen LogP contribution in [0.1, 0.15) is 20.3 Å². The van der Waals surface area contributed by atoms with E-state index in [2.05, 4.69) is 10.6 Å². The van der Waals surface area contributed by atoms with Crippen molar-refractivity contribution < 1.29 is 14.4 Å². The zero-order valence-electron chi connectivity index (χ0n) is 10.7. The van der Waals surface area contributed by atoms with Crippen molar-refractivity contribution in [3.63, 3.8) is 0 Å². The maximum atomic E-state index is 12.2. The summed E-state index contributed by atoms with van der Waals surface area (Å²) in [6.07, 6.45) is 0.707. The van der Waals surface area contributed by atoms with E-state index in [1.165, 1.54) is 4.90 Å². The van der Waals surface area contributed by atoms with Crippen LogP contribution in [-0.4, -0.2) is 48.4 Å². The molecule has 1 aliphatic heterocycles. The molecule has 18 heavy (non-hydrogen) atoms. The van der Waals surface area contributed by atoms with Crippen molar-refractivity contribution >= 4 is 17.8 Å². The minimum Gasteiger partial charge on any atom is -0.354 e. The second kappa shape index (κ2) is 6.23. The van der Waals surface area contributed by atoms with Gasteiger partial charge in [0.1, 0.15) is 6.04 Å². The lowest BCUT2D eigenvalue weighted by Gasteiger charge is -2.27. The molecule has 4 N–H and O–H groups in total. The first-order valence-electron chi connectivity index (χ1n) is 6.03. The third kappa shape index (κ3) is 3.90. The van der Waals surface area contributed by atoms with Gasteiger partial charge in [0.15, 0.2) is 0 Å². The SMILES string of the molecule is CC(C)C(NC(N)=O)C(=O)N1CCCNC(=O)C1. The van der Waals surface area contributed by atoms with Gasteiger partial charge in [-0.15, -0.1) is 0 Å². The fourth-order valence-corrected chi connectivity index (χ4v) is 1.86. The molecule has 7 heteroatoms. The number of urea groups is 1. The standard InChI is InChI=1S/C11H20N4O3/c1-7(2)9(14-11(12)18)10(17)15-5-3-4-13-8(16)6-15/h7,9H,3-6H2,1-2H3,(H,13,16)(H3,12,14,18). The average Bonchev–Trinajstić information content (AvgIpc) is 2.49. The molecule has 0 bridgehead atoms. The van der Waals surface area contributed by atoms with Gasteiger partial charge in [-0.05, 0) is 12.3 Å². The molecule has 0 aliphatic carbocycles. The number of hydrogen-bond donors (Lipinski definition) is 3. The molecule has 0 aromatic heterocycles. The Balaban J connectivity index is 2.74. The molecule has 0 aromatic carbocycles. The van der Waals surface area contributed by atoms with Gasteiger partial charge in [-0.3, -0.25) is 9.59 Å². The summed E-state index contributed by atoms with van der Waals surface area (Å²) in [7, 11) is 0. The van der Waals surface area contributed by atoms with E-state index in [4.69, 9.17) is 5.73 Å². The lowest BCUT2D eigenvalue weighted by molar-refractivity contribution is -0.137. The fourth-order valence-electron chi connectivity index (χ4n) is 1.86. The maximum Gasteiger partial charge on any atom is 0.312 e. The first-order valence-corrected chi connectivity index (χ1v) is 6.03.